The third-order valence-corrected chi connectivity index (χ3v) is 5.43. The number of carboxylic acid groups (broad SMARTS) is 1. The number of ketones is 1. The maximum absolute atomic E-state index is 12.2. The minimum atomic E-state index is -0.818. The van der Waals surface area contributed by atoms with Crippen LogP contribution in [0.3, 0.4) is 0 Å². The highest BCUT2D eigenvalue weighted by atomic mass is 16.4. The Bertz CT molecular complexity index is 565. The molecule has 28 heavy (non-hydrogen) atoms. The van der Waals surface area contributed by atoms with Crippen molar-refractivity contribution in [1.82, 2.24) is 0 Å². The number of Topliss-reactive ketones (excluding diaryl/α,β-unsaturated/α-hetero) is 1. The fourth-order valence-corrected chi connectivity index (χ4v) is 3.77. The van der Waals surface area contributed by atoms with E-state index < -0.39 is 17.7 Å². The van der Waals surface area contributed by atoms with Crippen LogP contribution in [0.25, 0.3) is 0 Å². The van der Waals surface area contributed by atoms with Crippen LogP contribution >= 0.6 is 0 Å². The fourth-order valence-electron chi connectivity index (χ4n) is 3.77. The highest BCUT2D eigenvalue weighted by Gasteiger charge is 2.39. The van der Waals surface area contributed by atoms with Crippen molar-refractivity contribution in [2.24, 2.45) is 11.8 Å². The number of allylic oxidation sites excluding steroid dienone is 2. The number of rotatable bonds is 14. The topological polar surface area (TPSA) is 94.8 Å². The molecular weight excluding hydrogens is 356 g/mol. The first-order chi connectivity index (χ1) is 13.3. The summed E-state index contributed by atoms with van der Waals surface area (Å²) in [5, 5.41) is 29.7. The van der Waals surface area contributed by atoms with Gasteiger partial charge in [-0.25, -0.2) is 0 Å². The van der Waals surface area contributed by atoms with Crippen LogP contribution in [0.15, 0.2) is 37.0 Å². The molecule has 158 valence electrons. The highest BCUT2D eigenvalue weighted by molar-refractivity contribution is 5.84. The van der Waals surface area contributed by atoms with Gasteiger partial charge in [0.15, 0.2) is 0 Å². The lowest BCUT2D eigenvalue weighted by atomic mass is 9.87. The van der Waals surface area contributed by atoms with E-state index in [-0.39, 0.29) is 30.5 Å². The average molecular weight is 393 g/mol. The van der Waals surface area contributed by atoms with Gasteiger partial charge in [-0.2, -0.15) is 0 Å². The summed E-state index contributed by atoms with van der Waals surface area (Å²) in [6, 6.07) is 0. The molecule has 5 heteroatoms. The van der Waals surface area contributed by atoms with Crippen LogP contribution in [0.2, 0.25) is 0 Å². The quantitative estimate of drug-likeness (QED) is 0.304. The number of carbonyl (C=O) groups is 2. The zero-order valence-corrected chi connectivity index (χ0v) is 17.1. The zero-order chi connectivity index (χ0) is 21.0. The minimum absolute atomic E-state index is 0.0599. The van der Waals surface area contributed by atoms with E-state index in [9.17, 15) is 19.8 Å². The first kappa shape index (κ1) is 24.3. The number of aliphatic hydroxyl groups is 2. The Balaban J connectivity index is 2.63. The van der Waals surface area contributed by atoms with E-state index in [1.165, 1.54) is 0 Å². The van der Waals surface area contributed by atoms with Crippen molar-refractivity contribution in [3.63, 3.8) is 0 Å². The van der Waals surface area contributed by atoms with E-state index in [1.807, 2.05) is 24.3 Å². The van der Waals surface area contributed by atoms with Gasteiger partial charge in [-0.1, -0.05) is 50.1 Å². The molecular formula is C23H36O5. The van der Waals surface area contributed by atoms with Crippen molar-refractivity contribution in [2.75, 3.05) is 0 Å². The fraction of sp³-hybridized carbons (Fsp3) is 0.652. The molecule has 1 aliphatic rings. The standard InChI is InChI=1S/C23H36O5/c1-3-5-15-23(28,14-4-2)16-10-12-19-18(20(24)17-21(19)25)11-8-6-7-9-13-22(26)27/h4,6,8,10,12,18-19,21,25,28H,2-3,5,7,9,11,13-17H2,1H3,(H,26,27)/t18-,19-,21-,23?/m1/s1. The molecule has 1 rings (SSSR count). The second-order valence-corrected chi connectivity index (χ2v) is 7.87. The lowest BCUT2D eigenvalue weighted by Gasteiger charge is -2.26. The summed E-state index contributed by atoms with van der Waals surface area (Å²) in [6.45, 7) is 5.82. The summed E-state index contributed by atoms with van der Waals surface area (Å²) >= 11 is 0. The predicted molar refractivity (Wildman–Crippen MR) is 111 cm³/mol. The summed E-state index contributed by atoms with van der Waals surface area (Å²) < 4.78 is 0. The summed E-state index contributed by atoms with van der Waals surface area (Å²) in [7, 11) is 0. The van der Waals surface area contributed by atoms with Crippen molar-refractivity contribution in [2.45, 2.75) is 82.8 Å². The van der Waals surface area contributed by atoms with Gasteiger partial charge in [0, 0.05) is 24.7 Å². The van der Waals surface area contributed by atoms with Gasteiger partial charge in [-0.3, -0.25) is 9.59 Å². The predicted octanol–water partition coefficient (Wildman–Crippen LogP) is 4.20. The summed E-state index contributed by atoms with van der Waals surface area (Å²) in [6.07, 6.45) is 14.4. The minimum Gasteiger partial charge on any atom is -0.481 e. The molecule has 3 N–H and O–H groups in total. The SMILES string of the molecule is C=CCC(O)(CC=C[C@H]1[C@H](O)CC(=O)[C@@H]1CC=CCCCC(=O)O)CCCC. The van der Waals surface area contributed by atoms with E-state index in [0.29, 0.717) is 38.5 Å². The van der Waals surface area contributed by atoms with Crippen molar-refractivity contribution in [3.05, 3.63) is 37.0 Å². The Labute approximate surface area is 168 Å². The molecule has 0 amide bonds. The monoisotopic (exact) mass is 392 g/mol. The third-order valence-electron chi connectivity index (χ3n) is 5.43. The molecule has 0 aliphatic heterocycles. The molecule has 0 aromatic rings. The molecule has 1 aliphatic carbocycles. The first-order valence-electron chi connectivity index (χ1n) is 10.4. The second-order valence-electron chi connectivity index (χ2n) is 7.87. The van der Waals surface area contributed by atoms with Gasteiger partial charge < -0.3 is 15.3 Å². The van der Waals surface area contributed by atoms with Gasteiger partial charge in [-0.15, -0.1) is 6.58 Å². The number of carbonyl (C=O) groups excluding carboxylic acids is 1. The number of carboxylic acids is 1. The number of hydrogen-bond acceptors (Lipinski definition) is 4. The number of unbranched alkanes of at least 4 members (excludes halogenated alkanes) is 2. The van der Waals surface area contributed by atoms with Gasteiger partial charge in [0.25, 0.3) is 0 Å². The van der Waals surface area contributed by atoms with Crippen LogP contribution in [-0.4, -0.2) is 38.8 Å². The summed E-state index contributed by atoms with van der Waals surface area (Å²) in [5.41, 5.74) is -0.818. The van der Waals surface area contributed by atoms with Crippen LogP contribution in [0.1, 0.15) is 71.1 Å². The molecule has 0 spiro atoms. The molecule has 4 atom stereocenters. The lowest BCUT2D eigenvalue weighted by molar-refractivity contribution is -0.137. The van der Waals surface area contributed by atoms with Crippen LogP contribution in [0, 0.1) is 11.8 Å². The second kappa shape index (κ2) is 12.7. The van der Waals surface area contributed by atoms with E-state index >= 15 is 0 Å². The molecule has 0 saturated heterocycles. The van der Waals surface area contributed by atoms with Crippen LogP contribution in [-0.2, 0) is 9.59 Å². The van der Waals surface area contributed by atoms with E-state index in [2.05, 4.69) is 13.5 Å². The van der Waals surface area contributed by atoms with Gasteiger partial charge in [0.2, 0.25) is 0 Å². The van der Waals surface area contributed by atoms with Crippen molar-refractivity contribution in [1.29, 1.82) is 0 Å². The van der Waals surface area contributed by atoms with Gasteiger partial charge in [0.05, 0.1) is 11.7 Å². The molecule has 1 saturated carbocycles. The molecule has 5 nitrogen and oxygen atoms in total. The molecule has 0 bridgehead atoms. The molecule has 0 aromatic carbocycles. The zero-order valence-electron chi connectivity index (χ0n) is 17.1. The normalized spacial score (nSPS) is 24.8. The molecule has 0 aromatic heterocycles. The van der Waals surface area contributed by atoms with Gasteiger partial charge >= 0.3 is 5.97 Å². The van der Waals surface area contributed by atoms with Crippen molar-refractivity contribution >= 4 is 11.8 Å². The Morgan fingerprint density at radius 1 is 1.25 bits per heavy atom. The smallest absolute Gasteiger partial charge is 0.303 e. The summed E-state index contributed by atoms with van der Waals surface area (Å²) in [5.74, 6) is -1.24. The van der Waals surface area contributed by atoms with E-state index in [0.717, 1.165) is 12.8 Å². The Hall–Kier alpha value is -1.72. The Kier molecular flexibility index (Phi) is 11.0. The molecule has 0 radical (unpaired) electrons. The van der Waals surface area contributed by atoms with E-state index in [4.69, 9.17) is 5.11 Å². The largest absolute Gasteiger partial charge is 0.481 e. The lowest BCUT2D eigenvalue weighted by Crippen LogP contribution is -2.27. The Morgan fingerprint density at radius 2 is 2.00 bits per heavy atom. The first-order valence-corrected chi connectivity index (χ1v) is 10.4. The molecule has 0 heterocycles. The van der Waals surface area contributed by atoms with E-state index in [1.54, 1.807) is 6.08 Å². The van der Waals surface area contributed by atoms with Crippen LogP contribution < -0.4 is 0 Å². The van der Waals surface area contributed by atoms with Crippen LogP contribution in [0.5, 0.6) is 0 Å². The Morgan fingerprint density at radius 3 is 2.64 bits per heavy atom. The number of aliphatic hydroxyl groups excluding tert-OH is 1. The van der Waals surface area contributed by atoms with Crippen LogP contribution in [0.4, 0.5) is 0 Å². The van der Waals surface area contributed by atoms with Gasteiger partial charge in [0.1, 0.15) is 5.78 Å². The number of hydrogen-bond donors (Lipinski definition) is 3. The van der Waals surface area contributed by atoms with Gasteiger partial charge in [-0.05, 0) is 38.5 Å². The maximum atomic E-state index is 12.2. The third kappa shape index (κ3) is 8.53. The molecule has 1 unspecified atom stereocenters. The highest BCUT2D eigenvalue weighted by Crippen LogP contribution is 2.34. The summed E-state index contributed by atoms with van der Waals surface area (Å²) in [4.78, 5) is 22.7. The number of aliphatic carboxylic acids is 1. The molecule has 1 fully saturated rings. The van der Waals surface area contributed by atoms with Crippen molar-refractivity contribution in [3.8, 4) is 0 Å². The van der Waals surface area contributed by atoms with Crippen molar-refractivity contribution < 1.29 is 24.9 Å². The maximum Gasteiger partial charge on any atom is 0.303 e. The average Bonchev–Trinajstić information content (AvgIpc) is 2.89.